The molecule has 36 heavy (non-hydrogen) atoms. The maximum atomic E-state index is 15.3. The molecule has 1 aromatic heterocycles. The number of hydrogen-bond donors (Lipinski definition) is 1. The molecule has 190 valence electrons. The topological polar surface area (TPSA) is 101 Å². The third-order valence-electron chi connectivity index (χ3n) is 7.15. The first-order valence-electron chi connectivity index (χ1n) is 12.6. The highest BCUT2D eigenvalue weighted by atomic mass is 19.1. The number of rotatable bonds is 9. The number of amides is 2. The molecule has 1 unspecified atom stereocenters. The van der Waals surface area contributed by atoms with E-state index in [2.05, 4.69) is 22.6 Å². The van der Waals surface area contributed by atoms with Crippen molar-refractivity contribution in [1.82, 2.24) is 20.1 Å². The molecule has 0 spiro atoms. The molecule has 2 aliphatic heterocycles. The van der Waals surface area contributed by atoms with Crippen LogP contribution in [0.3, 0.4) is 0 Å². The molecule has 3 aliphatic rings. The summed E-state index contributed by atoms with van der Waals surface area (Å²) in [4.78, 5) is 25.9. The lowest BCUT2D eigenvalue weighted by Gasteiger charge is -2.38. The van der Waals surface area contributed by atoms with Crippen molar-refractivity contribution in [3.05, 3.63) is 53.2 Å². The number of carbonyl (C=O) groups is 2. The number of halogens is 1. The number of hydrogen-bond acceptors (Lipinski definition) is 6. The predicted octanol–water partition coefficient (Wildman–Crippen LogP) is 4.36. The summed E-state index contributed by atoms with van der Waals surface area (Å²) >= 11 is 0. The minimum atomic E-state index is -1.07. The van der Waals surface area contributed by atoms with Crippen molar-refractivity contribution in [2.45, 2.75) is 64.5 Å². The van der Waals surface area contributed by atoms with Crippen molar-refractivity contribution in [2.24, 2.45) is 16.3 Å². The van der Waals surface area contributed by atoms with Crippen LogP contribution in [0.1, 0.15) is 63.6 Å². The van der Waals surface area contributed by atoms with Crippen LogP contribution in [0.2, 0.25) is 0 Å². The average Bonchev–Trinajstić information content (AvgIpc) is 3.45. The van der Waals surface area contributed by atoms with E-state index in [0.717, 1.165) is 24.4 Å². The number of benzene rings is 1. The lowest BCUT2D eigenvalue weighted by atomic mass is 9.80. The van der Waals surface area contributed by atoms with Crippen LogP contribution < -0.4 is 10.1 Å². The normalized spacial score (nSPS) is 22.2. The van der Waals surface area contributed by atoms with Gasteiger partial charge in [0.15, 0.2) is 0 Å². The SMILES string of the molecule is CCCCOc1ccc(C2(C)CC(c3ccn(CC4CCC4)n3)=C(N3N=NCC3=O)C(=O)N2)c(F)c1. The molecule has 2 aromatic rings. The van der Waals surface area contributed by atoms with Gasteiger partial charge in [-0.1, -0.05) is 31.1 Å². The molecule has 0 bridgehead atoms. The number of ether oxygens (including phenoxy) is 1. The van der Waals surface area contributed by atoms with E-state index in [1.165, 1.54) is 25.3 Å². The van der Waals surface area contributed by atoms with E-state index in [0.29, 0.717) is 35.1 Å². The van der Waals surface area contributed by atoms with Gasteiger partial charge in [-0.25, -0.2) is 4.39 Å². The maximum Gasteiger partial charge on any atom is 0.272 e. The lowest BCUT2D eigenvalue weighted by Crippen LogP contribution is -2.51. The second-order valence-electron chi connectivity index (χ2n) is 9.95. The molecule has 1 saturated carbocycles. The molecule has 1 N–H and O–H groups in total. The van der Waals surface area contributed by atoms with Gasteiger partial charge in [-0.3, -0.25) is 14.3 Å². The smallest absolute Gasteiger partial charge is 0.272 e. The van der Waals surface area contributed by atoms with Gasteiger partial charge in [0.05, 0.1) is 17.8 Å². The van der Waals surface area contributed by atoms with Gasteiger partial charge >= 0.3 is 0 Å². The van der Waals surface area contributed by atoms with E-state index < -0.39 is 23.2 Å². The summed E-state index contributed by atoms with van der Waals surface area (Å²) in [6.45, 7) is 5.04. The van der Waals surface area contributed by atoms with Crippen LogP contribution in [0.4, 0.5) is 4.39 Å². The standard InChI is InChI=1S/C26H31FN6O3/c1-3-4-12-36-18-8-9-20(21(27)13-18)26(2)14-19(22-10-11-32(30-22)16-17-6-5-7-17)24(25(35)29-26)33-23(34)15-28-31-33/h8-11,13,17H,3-7,12,14-16H2,1-2H3,(H,29,35). The van der Waals surface area contributed by atoms with E-state index in [1.54, 1.807) is 19.1 Å². The predicted molar refractivity (Wildman–Crippen MR) is 130 cm³/mol. The Morgan fingerprint density at radius 3 is 2.75 bits per heavy atom. The Morgan fingerprint density at radius 2 is 2.08 bits per heavy atom. The maximum absolute atomic E-state index is 15.3. The molecule has 1 aliphatic carbocycles. The van der Waals surface area contributed by atoms with Crippen LogP contribution in [-0.2, 0) is 21.7 Å². The molecule has 0 radical (unpaired) electrons. The second-order valence-corrected chi connectivity index (χ2v) is 9.95. The summed E-state index contributed by atoms with van der Waals surface area (Å²) < 4.78 is 22.9. The Morgan fingerprint density at radius 1 is 1.25 bits per heavy atom. The summed E-state index contributed by atoms with van der Waals surface area (Å²) in [5.74, 6) is -0.335. The van der Waals surface area contributed by atoms with Crippen LogP contribution in [0.25, 0.3) is 5.57 Å². The third-order valence-corrected chi connectivity index (χ3v) is 7.15. The molecular weight excluding hydrogens is 463 g/mol. The van der Waals surface area contributed by atoms with Crippen LogP contribution in [-0.4, -0.2) is 39.8 Å². The molecule has 10 heteroatoms. The van der Waals surface area contributed by atoms with E-state index in [9.17, 15) is 9.59 Å². The minimum Gasteiger partial charge on any atom is -0.493 e. The zero-order valence-corrected chi connectivity index (χ0v) is 20.7. The summed E-state index contributed by atoms with van der Waals surface area (Å²) in [7, 11) is 0. The van der Waals surface area contributed by atoms with E-state index in [1.807, 2.05) is 16.9 Å². The fourth-order valence-electron chi connectivity index (χ4n) is 4.90. The van der Waals surface area contributed by atoms with Crippen molar-refractivity contribution in [2.75, 3.05) is 13.2 Å². The summed E-state index contributed by atoms with van der Waals surface area (Å²) in [5, 5.41) is 16.4. The molecule has 1 atom stereocenters. The first-order chi connectivity index (χ1) is 17.4. The second kappa shape index (κ2) is 9.83. The van der Waals surface area contributed by atoms with Gasteiger partial charge in [0.25, 0.3) is 11.8 Å². The zero-order chi connectivity index (χ0) is 25.3. The monoisotopic (exact) mass is 494 g/mol. The van der Waals surface area contributed by atoms with Crippen molar-refractivity contribution in [3.63, 3.8) is 0 Å². The van der Waals surface area contributed by atoms with Gasteiger partial charge in [0.1, 0.15) is 23.8 Å². The summed E-state index contributed by atoms with van der Waals surface area (Å²) in [6, 6.07) is 6.56. The number of unbranched alkanes of at least 4 members (excludes halogenated alkanes) is 1. The Balaban J connectivity index is 1.49. The Bertz CT molecular complexity index is 1230. The van der Waals surface area contributed by atoms with E-state index in [-0.39, 0.29) is 18.7 Å². The molecule has 1 fully saturated rings. The summed E-state index contributed by atoms with van der Waals surface area (Å²) in [5.41, 5.74) is 0.455. The van der Waals surface area contributed by atoms with Crippen LogP contribution in [0.15, 0.2) is 46.5 Å². The molecule has 0 saturated heterocycles. The third kappa shape index (κ3) is 4.64. The molecule has 2 amide bonds. The van der Waals surface area contributed by atoms with Crippen LogP contribution >= 0.6 is 0 Å². The highest BCUT2D eigenvalue weighted by molar-refractivity contribution is 6.06. The lowest BCUT2D eigenvalue weighted by molar-refractivity contribution is -0.130. The van der Waals surface area contributed by atoms with Crippen molar-refractivity contribution in [3.8, 4) is 5.75 Å². The number of aromatic nitrogens is 2. The van der Waals surface area contributed by atoms with Gasteiger partial charge in [-0.15, -0.1) is 0 Å². The molecular formula is C26H31FN6O3. The van der Waals surface area contributed by atoms with Crippen LogP contribution in [0, 0.1) is 11.7 Å². The Kier molecular flexibility index (Phi) is 6.59. The van der Waals surface area contributed by atoms with Crippen molar-refractivity contribution in [1.29, 1.82) is 0 Å². The Labute approximate surface area is 209 Å². The van der Waals surface area contributed by atoms with Gasteiger partial charge in [0.2, 0.25) is 0 Å². The Hall–Kier alpha value is -3.56. The largest absolute Gasteiger partial charge is 0.493 e. The average molecular weight is 495 g/mol. The van der Waals surface area contributed by atoms with Gasteiger partial charge in [0, 0.05) is 36.4 Å². The number of carbonyl (C=O) groups excluding carboxylic acids is 2. The molecule has 9 nitrogen and oxygen atoms in total. The zero-order valence-electron chi connectivity index (χ0n) is 20.7. The van der Waals surface area contributed by atoms with Crippen LogP contribution in [0.5, 0.6) is 5.75 Å². The van der Waals surface area contributed by atoms with E-state index >= 15 is 4.39 Å². The van der Waals surface area contributed by atoms with E-state index in [4.69, 9.17) is 9.84 Å². The van der Waals surface area contributed by atoms with Crippen molar-refractivity contribution >= 4 is 17.4 Å². The fourth-order valence-corrected chi connectivity index (χ4v) is 4.90. The first-order valence-corrected chi connectivity index (χ1v) is 12.6. The summed E-state index contributed by atoms with van der Waals surface area (Å²) in [6.07, 6.45) is 7.58. The van der Waals surface area contributed by atoms with Gasteiger partial charge in [-0.2, -0.15) is 15.2 Å². The number of nitrogens with one attached hydrogen (secondary N) is 1. The fraction of sp³-hybridized carbons (Fsp3) is 0.500. The number of nitrogens with zero attached hydrogens (tertiary/aromatic N) is 5. The highest BCUT2D eigenvalue weighted by Crippen LogP contribution is 2.41. The minimum absolute atomic E-state index is 0.0903. The molecule has 3 heterocycles. The van der Waals surface area contributed by atoms with Gasteiger partial charge in [-0.05, 0) is 44.2 Å². The highest BCUT2D eigenvalue weighted by Gasteiger charge is 2.43. The first kappa shape index (κ1) is 24.1. The van der Waals surface area contributed by atoms with Gasteiger partial charge < -0.3 is 10.1 Å². The van der Waals surface area contributed by atoms with Crippen molar-refractivity contribution < 1.29 is 18.7 Å². The quantitative estimate of drug-likeness (QED) is 0.524. The molecule has 5 rings (SSSR count). The molecule has 1 aromatic carbocycles.